The number of hydrogen-bond acceptors (Lipinski definition) is 3. The monoisotopic (exact) mass is 478 g/mol. The lowest BCUT2D eigenvalue weighted by molar-refractivity contribution is -0.127. The van der Waals surface area contributed by atoms with Gasteiger partial charge in [0, 0.05) is 18.7 Å². The van der Waals surface area contributed by atoms with Crippen LogP contribution in [0.25, 0.3) is 11.0 Å². The Morgan fingerprint density at radius 1 is 1.00 bits per heavy atom. The first-order chi connectivity index (χ1) is 16.0. The van der Waals surface area contributed by atoms with Gasteiger partial charge in [-0.25, -0.2) is 4.98 Å². The molecule has 1 atom stereocenters. The van der Waals surface area contributed by atoms with Crippen LogP contribution in [0.2, 0.25) is 10.0 Å². The lowest BCUT2D eigenvalue weighted by Gasteiger charge is -2.32. The third-order valence-electron chi connectivity index (χ3n) is 5.71. The molecular formula is C25H20Cl2N4O2. The molecular weight excluding hydrogens is 459 g/mol. The van der Waals surface area contributed by atoms with Gasteiger partial charge in [-0.3, -0.25) is 14.5 Å². The molecule has 0 fully saturated rings. The Kier molecular flexibility index (Phi) is 5.79. The van der Waals surface area contributed by atoms with Crippen molar-refractivity contribution in [3.05, 3.63) is 88.4 Å². The van der Waals surface area contributed by atoms with E-state index in [0.29, 0.717) is 34.8 Å². The van der Waals surface area contributed by atoms with Crippen LogP contribution in [0.4, 0.5) is 11.6 Å². The molecule has 0 saturated heterocycles. The van der Waals surface area contributed by atoms with Crippen LogP contribution in [0.5, 0.6) is 0 Å². The van der Waals surface area contributed by atoms with Crippen molar-refractivity contribution in [3.8, 4) is 0 Å². The van der Waals surface area contributed by atoms with E-state index in [1.807, 2.05) is 59.2 Å². The van der Waals surface area contributed by atoms with Gasteiger partial charge in [0.2, 0.25) is 17.8 Å². The lowest BCUT2D eigenvalue weighted by atomic mass is 10.0. The number of hydrogen-bond donors (Lipinski definition) is 1. The number of para-hydroxylation sites is 2. The van der Waals surface area contributed by atoms with Crippen LogP contribution in [0.1, 0.15) is 12.0 Å². The molecule has 1 unspecified atom stereocenters. The molecule has 2 heterocycles. The van der Waals surface area contributed by atoms with Gasteiger partial charge in [0.1, 0.15) is 0 Å². The summed E-state index contributed by atoms with van der Waals surface area (Å²) in [5, 5.41) is 3.58. The largest absolute Gasteiger partial charge is 0.326 e. The van der Waals surface area contributed by atoms with Crippen LogP contribution in [-0.2, 0) is 22.7 Å². The first-order valence-electron chi connectivity index (χ1n) is 10.5. The fourth-order valence-electron chi connectivity index (χ4n) is 4.14. The summed E-state index contributed by atoms with van der Waals surface area (Å²) in [6, 6.07) is 22.4. The van der Waals surface area contributed by atoms with Gasteiger partial charge in [-0.15, -0.1) is 0 Å². The fraction of sp³-hybridized carbons (Fsp3) is 0.160. The number of halogens is 2. The molecule has 0 saturated carbocycles. The Balaban J connectivity index is 1.44. The first-order valence-corrected chi connectivity index (χ1v) is 11.3. The SMILES string of the molecule is O=C(CC1Cn2c(nc3ccccc32)N(Cc2ccccc2)C1=O)Nc1ccc(Cl)c(Cl)c1. The molecule has 0 spiro atoms. The zero-order valence-electron chi connectivity index (χ0n) is 17.5. The minimum Gasteiger partial charge on any atom is -0.326 e. The molecule has 1 aliphatic heterocycles. The van der Waals surface area contributed by atoms with Crippen molar-refractivity contribution < 1.29 is 9.59 Å². The van der Waals surface area contributed by atoms with E-state index in [1.165, 1.54) is 0 Å². The van der Waals surface area contributed by atoms with Gasteiger partial charge in [0.05, 0.1) is 33.5 Å². The smallest absolute Gasteiger partial charge is 0.235 e. The number of aromatic nitrogens is 2. The maximum Gasteiger partial charge on any atom is 0.235 e. The lowest BCUT2D eigenvalue weighted by Crippen LogP contribution is -2.44. The van der Waals surface area contributed by atoms with E-state index in [4.69, 9.17) is 28.2 Å². The molecule has 33 heavy (non-hydrogen) atoms. The maximum atomic E-state index is 13.5. The third kappa shape index (κ3) is 4.32. The van der Waals surface area contributed by atoms with Crippen LogP contribution in [0, 0.1) is 5.92 Å². The molecule has 0 bridgehead atoms. The van der Waals surface area contributed by atoms with Gasteiger partial charge in [-0.1, -0.05) is 65.7 Å². The quantitative estimate of drug-likeness (QED) is 0.409. The second-order valence-corrected chi connectivity index (χ2v) is 8.81. The molecule has 2 amide bonds. The van der Waals surface area contributed by atoms with Crippen molar-refractivity contribution in [1.82, 2.24) is 9.55 Å². The molecule has 1 N–H and O–H groups in total. The highest BCUT2D eigenvalue weighted by molar-refractivity contribution is 6.42. The molecule has 1 aliphatic rings. The summed E-state index contributed by atoms with van der Waals surface area (Å²) >= 11 is 12.0. The number of nitrogens with one attached hydrogen (secondary N) is 1. The maximum absolute atomic E-state index is 13.5. The van der Waals surface area contributed by atoms with Crippen LogP contribution in [0.3, 0.4) is 0 Å². The number of carbonyl (C=O) groups is 2. The van der Waals surface area contributed by atoms with E-state index in [9.17, 15) is 9.59 Å². The minimum atomic E-state index is -0.526. The molecule has 1 aromatic heterocycles. The highest BCUT2D eigenvalue weighted by Gasteiger charge is 2.36. The number of nitrogens with zero attached hydrogens (tertiary/aromatic N) is 3. The molecule has 3 aromatic carbocycles. The average molecular weight is 479 g/mol. The molecule has 0 radical (unpaired) electrons. The molecule has 4 aromatic rings. The van der Waals surface area contributed by atoms with Crippen molar-refractivity contribution in [3.63, 3.8) is 0 Å². The average Bonchev–Trinajstić information content (AvgIpc) is 3.18. The molecule has 8 heteroatoms. The van der Waals surface area contributed by atoms with E-state index in [-0.39, 0.29) is 18.2 Å². The number of imidazole rings is 1. The van der Waals surface area contributed by atoms with Gasteiger partial charge >= 0.3 is 0 Å². The van der Waals surface area contributed by atoms with Crippen LogP contribution in [0.15, 0.2) is 72.8 Å². The number of fused-ring (bicyclic) bond motifs is 3. The highest BCUT2D eigenvalue weighted by atomic mass is 35.5. The Labute approximate surface area is 200 Å². The van der Waals surface area contributed by atoms with E-state index >= 15 is 0 Å². The molecule has 166 valence electrons. The Morgan fingerprint density at radius 3 is 2.55 bits per heavy atom. The standard InChI is InChI=1S/C25H20Cl2N4O2/c26-19-11-10-18(13-20(19)27)28-23(32)12-17-15-30-22-9-5-4-8-21(22)29-25(30)31(24(17)33)14-16-6-2-1-3-7-16/h1-11,13,17H,12,14-15H2,(H,28,32). The summed E-state index contributed by atoms with van der Waals surface area (Å²) in [5.74, 6) is -0.307. The van der Waals surface area contributed by atoms with E-state index in [1.54, 1.807) is 23.1 Å². The molecule has 5 rings (SSSR count). The number of carbonyl (C=O) groups excluding carboxylic acids is 2. The van der Waals surface area contributed by atoms with Crippen molar-refractivity contribution in [2.24, 2.45) is 5.92 Å². The molecule has 6 nitrogen and oxygen atoms in total. The van der Waals surface area contributed by atoms with Crippen molar-refractivity contribution in [2.75, 3.05) is 10.2 Å². The topological polar surface area (TPSA) is 67.2 Å². The Morgan fingerprint density at radius 2 is 1.76 bits per heavy atom. The van der Waals surface area contributed by atoms with E-state index in [2.05, 4.69) is 5.32 Å². The summed E-state index contributed by atoms with van der Waals surface area (Å²) in [6.45, 7) is 0.767. The van der Waals surface area contributed by atoms with Gasteiger partial charge in [0.15, 0.2) is 0 Å². The van der Waals surface area contributed by atoms with Crippen LogP contribution in [-0.4, -0.2) is 21.4 Å². The van der Waals surface area contributed by atoms with Crippen LogP contribution < -0.4 is 10.2 Å². The predicted molar refractivity (Wildman–Crippen MR) is 131 cm³/mol. The summed E-state index contributed by atoms with van der Waals surface area (Å²) in [6.07, 6.45) is 0.0380. The number of amides is 2. The first kappa shape index (κ1) is 21.5. The second kappa shape index (κ2) is 8.89. The summed E-state index contributed by atoms with van der Waals surface area (Å²) in [7, 11) is 0. The summed E-state index contributed by atoms with van der Waals surface area (Å²) < 4.78 is 2.02. The van der Waals surface area contributed by atoms with Crippen molar-refractivity contribution >= 4 is 57.7 Å². The normalized spacial score (nSPS) is 15.5. The van der Waals surface area contributed by atoms with Crippen molar-refractivity contribution in [2.45, 2.75) is 19.5 Å². The van der Waals surface area contributed by atoms with Gasteiger partial charge in [0.25, 0.3) is 0 Å². The zero-order valence-corrected chi connectivity index (χ0v) is 19.1. The Bertz CT molecular complexity index is 1350. The summed E-state index contributed by atoms with van der Waals surface area (Å²) in [4.78, 5) is 32.7. The second-order valence-electron chi connectivity index (χ2n) is 8.00. The zero-order chi connectivity index (χ0) is 22.9. The number of benzene rings is 3. The van der Waals surface area contributed by atoms with Crippen LogP contribution >= 0.6 is 23.2 Å². The van der Waals surface area contributed by atoms with E-state index in [0.717, 1.165) is 16.6 Å². The van der Waals surface area contributed by atoms with Crippen molar-refractivity contribution in [1.29, 1.82) is 0 Å². The van der Waals surface area contributed by atoms with Gasteiger partial charge in [-0.05, 0) is 35.9 Å². The number of anilines is 2. The minimum absolute atomic E-state index is 0.0380. The van der Waals surface area contributed by atoms with Gasteiger partial charge in [-0.2, -0.15) is 0 Å². The highest BCUT2D eigenvalue weighted by Crippen LogP contribution is 2.32. The number of rotatable bonds is 5. The molecule has 0 aliphatic carbocycles. The van der Waals surface area contributed by atoms with E-state index < -0.39 is 5.92 Å². The predicted octanol–water partition coefficient (Wildman–Crippen LogP) is 5.53. The summed E-state index contributed by atoms with van der Waals surface area (Å²) in [5.41, 5.74) is 3.28. The van der Waals surface area contributed by atoms with Gasteiger partial charge < -0.3 is 9.88 Å². The fourth-order valence-corrected chi connectivity index (χ4v) is 4.44. The Hall–Kier alpha value is -3.35. The third-order valence-corrected chi connectivity index (χ3v) is 6.45.